The number of ether oxygens (including phenoxy) is 2. The second-order valence-electron chi connectivity index (χ2n) is 12.0. The lowest BCUT2D eigenvalue weighted by atomic mass is 9.73. The lowest BCUT2D eigenvalue weighted by Crippen LogP contribution is -2.45. The summed E-state index contributed by atoms with van der Waals surface area (Å²) in [5, 5.41) is 22.8. The predicted octanol–water partition coefficient (Wildman–Crippen LogP) is 4.84. The Kier molecular flexibility index (Phi) is 7.80. The molecule has 2 aliphatic rings. The second kappa shape index (κ2) is 10.4. The van der Waals surface area contributed by atoms with Crippen LogP contribution in [0.15, 0.2) is 30.3 Å². The zero-order chi connectivity index (χ0) is 27.1. The topological polar surface area (TPSA) is 109 Å². The van der Waals surface area contributed by atoms with Gasteiger partial charge in [-0.1, -0.05) is 46.2 Å². The summed E-state index contributed by atoms with van der Waals surface area (Å²) >= 11 is 0. The molecule has 2 saturated heterocycles. The van der Waals surface area contributed by atoms with E-state index in [4.69, 9.17) is 9.47 Å². The summed E-state index contributed by atoms with van der Waals surface area (Å²) in [6.45, 7) is 10.9. The normalized spacial score (nSPS) is 35.6. The highest BCUT2D eigenvalue weighted by Crippen LogP contribution is 2.46. The van der Waals surface area contributed by atoms with E-state index in [0.29, 0.717) is 6.42 Å². The molecule has 0 radical (unpaired) electrons. The molecular formula is C30H41NO6. The molecule has 3 heterocycles. The van der Waals surface area contributed by atoms with Gasteiger partial charge in [-0.05, 0) is 56.4 Å². The number of carbonyl (C=O) groups excluding carboxylic acids is 2. The third-order valence-corrected chi connectivity index (χ3v) is 8.63. The van der Waals surface area contributed by atoms with Gasteiger partial charge in [-0.3, -0.25) is 14.6 Å². The summed E-state index contributed by atoms with van der Waals surface area (Å²) in [7, 11) is 0. The number of hydrogen-bond donors (Lipinski definition) is 2. The van der Waals surface area contributed by atoms with Crippen LogP contribution in [0.3, 0.4) is 0 Å². The highest BCUT2D eigenvalue weighted by molar-refractivity contribution is 5.88. The number of benzene rings is 1. The van der Waals surface area contributed by atoms with Gasteiger partial charge in [0.25, 0.3) is 0 Å². The average molecular weight is 512 g/mol. The van der Waals surface area contributed by atoms with Crippen LogP contribution in [0.25, 0.3) is 10.9 Å². The molecule has 0 amide bonds. The first kappa shape index (κ1) is 27.7. The number of ketones is 1. The number of rotatable bonds is 1. The fourth-order valence-corrected chi connectivity index (χ4v) is 5.67. The van der Waals surface area contributed by atoms with E-state index in [-0.39, 0.29) is 29.8 Å². The van der Waals surface area contributed by atoms with Crippen LogP contribution in [0.4, 0.5) is 0 Å². The lowest BCUT2D eigenvalue weighted by molar-refractivity contribution is -0.156. The summed E-state index contributed by atoms with van der Waals surface area (Å²) in [6, 6.07) is 9.81. The Morgan fingerprint density at radius 2 is 1.78 bits per heavy atom. The Hall–Kier alpha value is -2.35. The van der Waals surface area contributed by atoms with E-state index in [1.54, 1.807) is 20.8 Å². The number of aryl methyl sites for hydroxylation is 1. The molecule has 7 heteroatoms. The van der Waals surface area contributed by atoms with Crippen LogP contribution in [0.2, 0.25) is 0 Å². The summed E-state index contributed by atoms with van der Waals surface area (Å²) in [5.74, 6) is -1.57. The van der Waals surface area contributed by atoms with Gasteiger partial charge in [0.05, 0.1) is 41.3 Å². The third-order valence-electron chi connectivity index (χ3n) is 8.63. The molecule has 37 heavy (non-hydrogen) atoms. The van der Waals surface area contributed by atoms with Crippen molar-refractivity contribution in [2.75, 3.05) is 0 Å². The quantitative estimate of drug-likeness (QED) is 0.417. The second-order valence-corrected chi connectivity index (χ2v) is 12.0. The van der Waals surface area contributed by atoms with E-state index in [9.17, 15) is 19.8 Å². The number of aromatic nitrogens is 1. The van der Waals surface area contributed by atoms with Gasteiger partial charge in [-0.2, -0.15) is 0 Å². The Labute approximate surface area is 219 Å². The molecule has 2 N–H and O–H groups in total. The maximum atomic E-state index is 13.3. The fourth-order valence-electron chi connectivity index (χ4n) is 5.67. The van der Waals surface area contributed by atoms with Gasteiger partial charge in [-0.15, -0.1) is 0 Å². The monoisotopic (exact) mass is 511 g/mol. The van der Waals surface area contributed by atoms with E-state index in [0.717, 1.165) is 41.4 Å². The Bertz CT molecular complexity index is 1160. The summed E-state index contributed by atoms with van der Waals surface area (Å²) < 4.78 is 12.1. The van der Waals surface area contributed by atoms with Crippen LogP contribution >= 0.6 is 0 Å². The molecule has 0 bridgehead atoms. The Balaban J connectivity index is 1.62. The number of cyclic esters (lactones) is 1. The zero-order valence-corrected chi connectivity index (χ0v) is 22.9. The van der Waals surface area contributed by atoms with Crippen LogP contribution in [0.5, 0.6) is 0 Å². The molecule has 1 aromatic carbocycles. The van der Waals surface area contributed by atoms with Crippen molar-refractivity contribution in [1.29, 1.82) is 0 Å². The molecule has 4 rings (SSSR count). The molecule has 0 spiro atoms. The minimum absolute atomic E-state index is 0.0628. The van der Waals surface area contributed by atoms with E-state index in [2.05, 4.69) is 11.9 Å². The Morgan fingerprint density at radius 3 is 2.51 bits per heavy atom. The SMILES string of the molecule is Cc1ccc2cc(C3CC4OC4(C)CCCC(C)C(O)C(C)C(=O)C(C)(C)C(O)CC(=O)O3)ccc2n1. The van der Waals surface area contributed by atoms with Gasteiger partial charge in [0, 0.05) is 23.4 Å². The number of epoxide rings is 1. The lowest BCUT2D eigenvalue weighted by Gasteiger charge is -2.34. The first-order valence-corrected chi connectivity index (χ1v) is 13.5. The minimum Gasteiger partial charge on any atom is -0.457 e. The average Bonchev–Trinajstić information content (AvgIpc) is 3.49. The first-order chi connectivity index (χ1) is 17.3. The number of esters is 1. The fraction of sp³-hybridized carbons (Fsp3) is 0.633. The summed E-state index contributed by atoms with van der Waals surface area (Å²) in [6.07, 6.45) is -0.0491. The van der Waals surface area contributed by atoms with Gasteiger partial charge in [0.2, 0.25) is 0 Å². The standard InChI is InChI=1S/C30H41NO6/c1-17-8-7-13-30(6)25(37-30)15-23(21-11-12-22-20(14-21)10-9-18(2)31-22)36-26(33)16-24(32)29(4,5)28(35)19(3)27(17)34/h9-12,14,17,19,23-25,27,32,34H,7-8,13,15-16H2,1-6H3. The summed E-state index contributed by atoms with van der Waals surface area (Å²) in [4.78, 5) is 30.9. The van der Waals surface area contributed by atoms with Gasteiger partial charge in [-0.25, -0.2) is 0 Å². The number of aliphatic hydroxyl groups excluding tert-OH is 2. The van der Waals surface area contributed by atoms with Gasteiger partial charge < -0.3 is 19.7 Å². The number of carbonyl (C=O) groups is 2. The minimum atomic E-state index is -1.24. The molecule has 2 fully saturated rings. The smallest absolute Gasteiger partial charge is 0.309 e. The molecule has 7 atom stereocenters. The number of pyridine rings is 1. The number of hydrogen-bond acceptors (Lipinski definition) is 7. The Morgan fingerprint density at radius 1 is 1.05 bits per heavy atom. The molecule has 0 saturated carbocycles. The van der Waals surface area contributed by atoms with Crippen molar-refractivity contribution in [3.63, 3.8) is 0 Å². The number of fused-ring (bicyclic) bond motifs is 2. The first-order valence-electron chi connectivity index (χ1n) is 13.5. The number of aliphatic hydroxyl groups is 2. The van der Waals surface area contributed by atoms with Crippen molar-refractivity contribution in [1.82, 2.24) is 4.98 Å². The molecule has 1 aromatic heterocycles. The molecule has 2 aromatic rings. The van der Waals surface area contributed by atoms with E-state index < -0.39 is 35.6 Å². The maximum absolute atomic E-state index is 13.3. The third kappa shape index (κ3) is 5.89. The van der Waals surface area contributed by atoms with Crippen molar-refractivity contribution in [3.8, 4) is 0 Å². The molecule has 2 aliphatic heterocycles. The predicted molar refractivity (Wildman–Crippen MR) is 141 cm³/mol. The van der Waals surface area contributed by atoms with E-state index in [1.165, 1.54) is 0 Å². The molecule has 7 unspecified atom stereocenters. The van der Waals surface area contributed by atoms with Crippen molar-refractivity contribution >= 4 is 22.7 Å². The molecule has 7 nitrogen and oxygen atoms in total. The van der Waals surface area contributed by atoms with Crippen LogP contribution in [0.1, 0.15) is 84.1 Å². The van der Waals surface area contributed by atoms with Crippen molar-refractivity contribution < 1.29 is 29.3 Å². The maximum Gasteiger partial charge on any atom is 0.309 e. The van der Waals surface area contributed by atoms with E-state index in [1.807, 2.05) is 44.2 Å². The summed E-state index contributed by atoms with van der Waals surface area (Å²) in [5.41, 5.74) is 1.12. The molecular weight excluding hydrogens is 470 g/mol. The van der Waals surface area contributed by atoms with Crippen LogP contribution in [0, 0.1) is 24.2 Å². The van der Waals surface area contributed by atoms with Crippen molar-refractivity contribution in [2.24, 2.45) is 17.3 Å². The highest BCUT2D eigenvalue weighted by Gasteiger charge is 2.53. The number of Topliss-reactive ketones (excluding diaryl/α,β-unsaturated/α-hetero) is 1. The highest BCUT2D eigenvalue weighted by atomic mass is 16.6. The van der Waals surface area contributed by atoms with Crippen LogP contribution < -0.4 is 0 Å². The van der Waals surface area contributed by atoms with Crippen LogP contribution in [-0.4, -0.2) is 50.9 Å². The van der Waals surface area contributed by atoms with Gasteiger partial charge >= 0.3 is 5.97 Å². The van der Waals surface area contributed by atoms with Gasteiger partial charge in [0.15, 0.2) is 0 Å². The molecule has 202 valence electrons. The number of nitrogens with zero attached hydrogens (tertiary/aromatic N) is 1. The van der Waals surface area contributed by atoms with Crippen molar-refractivity contribution in [2.45, 2.75) is 104 Å². The van der Waals surface area contributed by atoms with Crippen LogP contribution in [-0.2, 0) is 19.1 Å². The van der Waals surface area contributed by atoms with Crippen molar-refractivity contribution in [3.05, 3.63) is 41.6 Å². The zero-order valence-electron chi connectivity index (χ0n) is 22.9. The van der Waals surface area contributed by atoms with Gasteiger partial charge in [0.1, 0.15) is 11.9 Å². The molecule has 0 aliphatic carbocycles. The van der Waals surface area contributed by atoms with E-state index >= 15 is 0 Å². The largest absolute Gasteiger partial charge is 0.457 e.